The number of aryl methyl sites for hydroxylation is 2. The highest BCUT2D eigenvalue weighted by molar-refractivity contribution is 5.94. The van der Waals surface area contributed by atoms with Crippen LogP contribution in [-0.2, 0) is 12.8 Å². The van der Waals surface area contributed by atoms with Gasteiger partial charge < -0.3 is 10.1 Å². The Morgan fingerprint density at radius 2 is 1.96 bits per heavy atom. The number of hydrogen-bond acceptors (Lipinski definition) is 2. The molecule has 0 aliphatic heterocycles. The maximum atomic E-state index is 12.4. The summed E-state index contributed by atoms with van der Waals surface area (Å²) in [6.07, 6.45) is 5.26. The fourth-order valence-corrected chi connectivity index (χ4v) is 3.08. The highest BCUT2D eigenvalue weighted by Crippen LogP contribution is 2.25. The Balaban J connectivity index is 1.64. The highest BCUT2D eigenvalue weighted by atomic mass is 16.5. The summed E-state index contributed by atoms with van der Waals surface area (Å²) in [5.74, 6) is 0.663. The fourth-order valence-electron chi connectivity index (χ4n) is 3.08. The first kappa shape index (κ1) is 16.3. The lowest BCUT2D eigenvalue weighted by Gasteiger charge is -2.16. The van der Waals surface area contributed by atoms with E-state index in [1.807, 2.05) is 6.92 Å². The highest BCUT2D eigenvalue weighted by Gasteiger charge is 2.15. The molecule has 0 saturated carbocycles. The standard InChI is InChI=1S/C21H23NO2/c1-3-13-24-20-11-9-17(10-12-20)21(23)22-15(2)18-8-7-16-5-4-6-19(16)14-18/h3,7-12,14-15H,1,4-6,13H2,2H3,(H,22,23). The second-order valence-electron chi connectivity index (χ2n) is 6.20. The van der Waals surface area contributed by atoms with E-state index in [1.54, 1.807) is 30.3 Å². The molecule has 0 fully saturated rings. The first-order valence-electron chi connectivity index (χ1n) is 8.43. The number of ether oxygens (including phenoxy) is 1. The van der Waals surface area contributed by atoms with E-state index in [4.69, 9.17) is 4.74 Å². The molecule has 24 heavy (non-hydrogen) atoms. The molecule has 1 amide bonds. The molecule has 3 nitrogen and oxygen atoms in total. The van der Waals surface area contributed by atoms with Gasteiger partial charge >= 0.3 is 0 Å². The van der Waals surface area contributed by atoms with Gasteiger partial charge in [-0.3, -0.25) is 4.79 Å². The van der Waals surface area contributed by atoms with Gasteiger partial charge in [0.05, 0.1) is 6.04 Å². The molecule has 0 radical (unpaired) electrons. The van der Waals surface area contributed by atoms with Gasteiger partial charge in [0.1, 0.15) is 12.4 Å². The lowest BCUT2D eigenvalue weighted by Crippen LogP contribution is -2.26. The summed E-state index contributed by atoms with van der Waals surface area (Å²) in [6.45, 7) is 6.10. The van der Waals surface area contributed by atoms with Crippen LogP contribution in [0, 0.1) is 0 Å². The lowest BCUT2D eigenvalue weighted by molar-refractivity contribution is 0.0940. The van der Waals surface area contributed by atoms with Crippen molar-refractivity contribution in [3.63, 3.8) is 0 Å². The van der Waals surface area contributed by atoms with Crippen LogP contribution in [0.15, 0.2) is 55.1 Å². The van der Waals surface area contributed by atoms with Crippen molar-refractivity contribution in [1.29, 1.82) is 0 Å². The summed E-state index contributed by atoms with van der Waals surface area (Å²) in [4.78, 5) is 12.4. The largest absolute Gasteiger partial charge is 0.490 e. The van der Waals surface area contributed by atoms with Crippen LogP contribution in [-0.4, -0.2) is 12.5 Å². The Hall–Kier alpha value is -2.55. The zero-order valence-corrected chi connectivity index (χ0v) is 14.0. The van der Waals surface area contributed by atoms with E-state index in [2.05, 4.69) is 30.1 Å². The number of carbonyl (C=O) groups excluding carboxylic acids is 1. The van der Waals surface area contributed by atoms with Gasteiger partial charge in [-0.25, -0.2) is 0 Å². The van der Waals surface area contributed by atoms with E-state index in [0.717, 1.165) is 17.7 Å². The predicted octanol–water partition coefficient (Wildman–Crippen LogP) is 4.23. The lowest BCUT2D eigenvalue weighted by atomic mass is 10.0. The first-order chi connectivity index (χ1) is 11.7. The third-order valence-electron chi connectivity index (χ3n) is 4.45. The molecular formula is C21H23NO2. The Morgan fingerprint density at radius 3 is 2.71 bits per heavy atom. The summed E-state index contributed by atoms with van der Waals surface area (Å²) in [5.41, 5.74) is 4.67. The molecule has 2 aromatic rings. The number of hydrogen-bond donors (Lipinski definition) is 1. The number of amides is 1. The minimum atomic E-state index is -0.0710. The molecule has 0 saturated heterocycles. The summed E-state index contributed by atoms with van der Waals surface area (Å²) >= 11 is 0. The smallest absolute Gasteiger partial charge is 0.251 e. The minimum absolute atomic E-state index is 0.0138. The topological polar surface area (TPSA) is 38.3 Å². The van der Waals surface area contributed by atoms with E-state index in [9.17, 15) is 4.79 Å². The number of nitrogens with one attached hydrogen (secondary N) is 1. The molecule has 2 aromatic carbocycles. The second-order valence-corrected chi connectivity index (χ2v) is 6.20. The third-order valence-corrected chi connectivity index (χ3v) is 4.45. The van der Waals surface area contributed by atoms with Crippen molar-refractivity contribution < 1.29 is 9.53 Å². The monoisotopic (exact) mass is 321 g/mol. The zero-order chi connectivity index (χ0) is 16.9. The van der Waals surface area contributed by atoms with Crippen LogP contribution in [0.25, 0.3) is 0 Å². The minimum Gasteiger partial charge on any atom is -0.490 e. The molecule has 124 valence electrons. The normalized spacial score (nSPS) is 13.9. The van der Waals surface area contributed by atoms with Crippen LogP contribution in [0.2, 0.25) is 0 Å². The third kappa shape index (κ3) is 3.67. The number of carbonyl (C=O) groups is 1. The molecule has 1 atom stereocenters. The first-order valence-corrected chi connectivity index (χ1v) is 8.43. The molecule has 0 heterocycles. The summed E-state index contributed by atoms with van der Waals surface area (Å²) < 4.78 is 5.43. The zero-order valence-electron chi connectivity index (χ0n) is 14.0. The quantitative estimate of drug-likeness (QED) is 0.809. The molecule has 1 unspecified atom stereocenters. The average Bonchev–Trinajstić information content (AvgIpc) is 3.08. The number of benzene rings is 2. The fraction of sp³-hybridized carbons (Fsp3) is 0.286. The molecule has 0 aromatic heterocycles. The second kappa shape index (κ2) is 7.35. The van der Waals surface area contributed by atoms with Crippen LogP contribution in [0.5, 0.6) is 5.75 Å². The Bertz CT molecular complexity index is 734. The van der Waals surface area contributed by atoms with Crippen molar-refractivity contribution in [2.45, 2.75) is 32.2 Å². The van der Waals surface area contributed by atoms with E-state index >= 15 is 0 Å². The van der Waals surface area contributed by atoms with E-state index in [0.29, 0.717) is 12.2 Å². The number of rotatable bonds is 6. The SMILES string of the molecule is C=CCOc1ccc(C(=O)NC(C)c2ccc3c(c2)CCC3)cc1. The summed E-state index contributed by atoms with van der Waals surface area (Å²) in [7, 11) is 0. The van der Waals surface area contributed by atoms with E-state index in [1.165, 1.54) is 24.0 Å². The molecule has 3 rings (SSSR count). The van der Waals surface area contributed by atoms with Gasteiger partial charge in [-0.2, -0.15) is 0 Å². The molecular weight excluding hydrogens is 298 g/mol. The Morgan fingerprint density at radius 1 is 1.21 bits per heavy atom. The summed E-state index contributed by atoms with van der Waals surface area (Å²) in [6, 6.07) is 13.7. The van der Waals surface area contributed by atoms with Crippen LogP contribution in [0.3, 0.4) is 0 Å². The molecule has 0 bridgehead atoms. The van der Waals surface area contributed by atoms with Gasteiger partial charge in [0.2, 0.25) is 0 Å². The predicted molar refractivity (Wildman–Crippen MR) is 96.5 cm³/mol. The van der Waals surface area contributed by atoms with Gasteiger partial charge in [-0.15, -0.1) is 0 Å². The maximum Gasteiger partial charge on any atom is 0.251 e. The maximum absolute atomic E-state index is 12.4. The van der Waals surface area contributed by atoms with Crippen molar-refractivity contribution in [3.05, 3.63) is 77.4 Å². The molecule has 1 N–H and O–H groups in total. The van der Waals surface area contributed by atoms with Gasteiger partial charge in [-0.05, 0) is 67.1 Å². The Labute approximate surface area is 143 Å². The molecule has 3 heteroatoms. The van der Waals surface area contributed by atoms with Crippen molar-refractivity contribution >= 4 is 5.91 Å². The van der Waals surface area contributed by atoms with E-state index < -0.39 is 0 Å². The van der Waals surface area contributed by atoms with Crippen LogP contribution < -0.4 is 10.1 Å². The Kier molecular flexibility index (Phi) is 4.99. The van der Waals surface area contributed by atoms with Crippen LogP contribution in [0.4, 0.5) is 0 Å². The van der Waals surface area contributed by atoms with Crippen molar-refractivity contribution in [1.82, 2.24) is 5.32 Å². The summed E-state index contributed by atoms with van der Waals surface area (Å²) in [5, 5.41) is 3.07. The number of fused-ring (bicyclic) bond motifs is 1. The van der Waals surface area contributed by atoms with Crippen LogP contribution in [0.1, 0.15) is 46.4 Å². The average molecular weight is 321 g/mol. The molecule has 1 aliphatic carbocycles. The van der Waals surface area contributed by atoms with Crippen molar-refractivity contribution in [3.8, 4) is 5.75 Å². The van der Waals surface area contributed by atoms with E-state index in [-0.39, 0.29) is 11.9 Å². The molecule has 1 aliphatic rings. The van der Waals surface area contributed by atoms with Crippen LogP contribution >= 0.6 is 0 Å². The molecule has 0 spiro atoms. The van der Waals surface area contributed by atoms with Gasteiger partial charge in [0.15, 0.2) is 0 Å². The van der Waals surface area contributed by atoms with Gasteiger partial charge in [0.25, 0.3) is 5.91 Å². The van der Waals surface area contributed by atoms with Crippen molar-refractivity contribution in [2.24, 2.45) is 0 Å². The van der Waals surface area contributed by atoms with Gasteiger partial charge in [-0.1, -0.05) is 30.9 Å². The van der Waals surface area contributed by atoms with Gasteiger partial charge in [0, 0.05) is 5.56 Å². The van der Waals surface area contributed by atoms with Crippen molar-refractivity contribution in [2.75, 3.05) is 6.61 Å².